The van der Waals surface area contributed by atoms with E-state index >= 15 is 0 Å². The summed E-state index contributed by atoms with van der Waals surface area (Å²) in [5.41, 5.74) is 2.74. The standard InChI is InChI=1S/C16H14N2O2/c1-2-10-9-18-16-13(6-7-17-16)14(10)15(20)11-4-3-5-12(19)8-11/h3-9,19H,2H2,1H3,(H,17,18). The van der Waals surface area contributed by atoms with Crippen LogP contribution in [0.4, 0.5) is 0 Å². The van der Waals surface area contributed by atoms with Crippen LogP contribution in [0.5, 0.6) is 5.75 Å². The van der Waals surface area contributed by atoms with E-state index < -0.39 is 0 Å². The van der Waals surface area contributed by atoms with Gasteiger partial charge >= 0.3 is 0 Å². The Labute approximate surface area is 116 Å². The fourth-order valence-electron chi connectivity index (χ4n) is 2.38. The van der Waals surface area contributed by atoms with Gasteiger partial charge in [0, 0.05) is 28.9 Å². The van der Waals surface area contributed by atoms with E-state index in [4.69, 9.17) is 0 Å². The van der Waals surface area contributed by atoms with Crippen LogP contribution in [0.3, 0.4) is 0 Å². The van der Waals surface area contributed by atoms with Crippen molar-refractivity contribution in [1.29, 1.82) is 0 Å². The first kappa shape index (κ1) is 12.4. The minimum absolute atomic E-state index is 0.0910. The average Bonchev–Trinajstić information content (AvgIpc) is 2.93. The number of phenolic OH excluding ortho intramolecular Hbond substituents is 1. The van der Waals surface area contributed by atoms with E-state index in [1.165, 1.54) is 6.07 Å². The highest BCUT2D eigenvalue weighted by Crippen LogP contribution is 2.24. The lowest BCUT2D eigenvalue weighted by molar-refractivity contribution is 0.103. The van der Waals surface area contributed by atoms with Crippen LogP contribution in [0.25, 0.3) is 11.0 Å². The Morgan fingerprint density at radius 3 is 2.95 bits per heavy atom. The lowest BCUT2D eigenvalue weighted by atomic mass is 9.96. The van der Waals surface area contributed by atoms with Crippen LogP contribution in [-0.2, 0) is 6.42 Å². The van der Waals surface area contributed by atoms with Crippen molar-refractivity contribution >= 4 is 16.8 Å². The number of H-pyrrole nitrogens is 1. The van der Waals surface area contributed by atoms with Crippen molar-refractivity contribution in [1.82, 2.24) is 9.97 Å². The van der Waals surface area contributed by atoms with Gasteiger partial charge in [0.1, 0.15) is 11.4 Å². The summed E-state index contributed by atoms with van der Waals surface area (Å²) < 4.78 is 0. The first-order valence-electron chi connectivity index (χ1n) is 6.49. The molecule has 20 heavy (non-hydrogen) atoms. The van der Waals surface area contributed by atoms with Crippen LogP contribution < -0.4 is 0 Å². The number of carbonyl (C=O) groups excluding carboxylic acids is 1. The Bertz CT molecular complexity index is 790. The predicted octanol–water partition coefficient (Wildman–Crippen LogP) is 3.06. The second kappa shape index (κ2) is 4.81. The third kappa shape index (κ3) is 1.95. The molecule has 0 spiro atoms. The molecular formula is C16H14N2O2. The van der Waals surface area contributed by atoms with Gasteiger partial charge < -0.3 is 10.1 Å². The van der Waals surface area contributed by atoms with E-state index in [0.717, 1.165) is 17.4 Å². The normalized spacial score (nSPS) is 10.8. The molecule has 2 aromatic heterocycles. The van der Waals surface area contributed by atoms with Gasteiger partial charge in [-0.25, -0.2) is 4.98 Å². The molecule has 0 radical (unpaired) electrons. The molecule has 4 nitrogen and oxygen atoms in total. The molecule has 0 aliphatic rings. The van der Waals surface area contributed by atoms with Crippen LogP contribution in [0, 0.1) is 0 Å². The minimum atomic E-state index is -0.0928. The van der Waals surface area contributed by atoms with Gasteiger partial charge in [-0.05, 0) is 30.2 Å². The van der Waals surface area contributed by atoms with E-state index in [0.29, 0.717) is 16.8 Å². The van der Waals surface area contributed by atoms with Crippen LogP contribution in [0.2, 0.25) is 0 Å². The Morgan fingerprint density at radius 1 is 1.35 bits per heavy atom. The Hall–Kier alpha value is -2.62. The molecule has 3 rings (SSSR count). The minimum Gasteiger partial charge on any atom is -0.508 e. The molecule has 100 valence electrons. The maximum Gasteiger partial charge on any atom is 0.194 e. The highest BCUT2D eigenvalue weighted by atomic mass is 16.3. The third-order valence-electron chi connectivity index (χ3n) is 3.38. The lowest BCUT2D eigenvalue weighted by Crippen LogP contribution is -2.06. The molecule has 4 heteroatoms. The van der Waals surface area contributed by atoms with Crippen molar-refractivity contribution in [3.8, 4) is 5.75 Å². The van der Waals surface area contributed by atoms with Gasteiger partial charge in [0.2, 0.25) is 0 Å². The summed E-state index contributed by atoms with van der Waals surface area (Å²) in [6.07, 6.45) is 4.24. The summed E-state index contributed by atoms with van der Waals surface area (Å²) >= 11 is 0. The van der Waals surface area contributed by atoms with Crippen LogP contribution in [0.1, 0.15) is 28.4 Å². The molecule has 2 N–H and O–H groups in total. The number of hydrogen-bond acceptors (Lipinski definition) is 3. The Balaban J connectivity index is 2.22. The summed E-state index contributed by atoms with van der Waals surface area (Å²) in [6, 6.07) is 8.28. The van der Waals surface area contributed by atoms with Crippen molar-refractivity contribution in [2.45, 2.75) is 13.3 Å². The Kier molecular flexibility index (Phi) is 2.99. The summed E-state index contributed by atoms with van der Waals surface area (Å²) in [6.45, 7) is 1.99. The second-order valence-electron chi connectivity index (χ2n) is 4.63. The van der Waals surface area contributed by atoms with E-state index in [2.05, 4.69) is 9.97 Å². The van der Waals surface area contributed by atoms with E-state index in [1.807, 2.05) is 13.0 Å². The number of nitrogens with one attached hydrogen (secondary N) is 1. The number of carbonyl (C=O) groups is 1. The highest BCUT2D eigenvalue weighted by Gasteiger charge is 2.18. The highest BCUT2D eigenvalue weighted by molar-refractivity contribution is 6.16. The fourth-order valence-corrected chi connectivity index (χ4v) is 2.38. The smallest absolute Gasteiger partial charge is 0.194 e. The molecule has 1 aromatic carbocycles. The van der Waals surface area contributed by atoms with Gasteiger partial charge in [-0.3, -0.25) is 4.79 Å². The molecule has 0 saturated carbocycles. The number of ketones is 1. The van der Waals surface area contributed by atoms with Crippen molar-refractivity contribution < 1.29 is 9.90 Å². The molecule has 0 unspecified atom stereocenters. The van der Waals surface area contributed by atoms with Crippen LogP contribution in [0.15, 0.2) is 42.7 Å². The van der Waals surface area contributed by atoms with Gasteiger partial charge in [-0.15, -0.1) is 0 Å². The second-order valence-corrected chi connectivity index (χ2v) is 4.63. The number of phenols is 1. The summed E-state index contributed by atoms with van der Waals surface area (Å²) in [4.78, 5) is 20.1. The number of aromatic hydroxyl groups is 1. The van der Waals surface area contributed by atoms with Gasteiger partial charge in [0.15, 0.2) is 5.78 Å². The fraction of sp³-hybridized carbons (Fsp3) is 0.125. The van der Waals surface area contributed by atoms with Crippen LogP contribution >= 0.6 is 0 Å². The summed E-state index contributed by atoms with van der Waals surface area (Å²) in [7, 11) is 0. The maximum atomic E-state index is 12.7. The zero-order chi connectivity index (χ0) is 14.1. The van der Waals surface area contributed by atoms with Gasteiger partial charge in [0.25, 0.3) is 0 Å². The summed E-state index contributed by atoms with van der Waals surface area (Å²) in [5.74, 6) is -0.00184. The van der Waals surface area contributed by atoms with Gasteiger partial charge in [-0.1, -0.05) is 19.1 Å². The average molecular weight is 266 g/mol. The molecule has 2 heterocycles. The largest absolute Gasteiger partial charge is 0.508 e. The molecule has 3 aromatic rings. The first-order chi connectivity index (χ1) is 9.70. The van der Waals surface area contributed by atoms with Crippen molar-refractivity contribution in [2.75, 3.05) is 0 Å². The number of aromatic nitrogens is 2. The quantitative estimate of drug-likeness (QED) is 0.716. The van der Waals surface area contributed by atoms with Crippen LogP contribution in [-0.4, -0.2) is 20.9 Å². The number of hydrogen-bond donors (Lipinski definition) is 2. The SMILES string of the molecule is CCc1cnc2[nH]ccc2c1C(=O)c1cccc(O)c1. The lowest BCUT2D eigenvalue weighted by Gasteiger charge is -2.08. The van der Waals surface area contributed by atoms with Crippen molar-refractivity contribution in [2.24, 2.45) is 0 Å². The van der Waals surface area contributed by atoms with Crippen molar-refractivity contribution in [3.05, 3.63) is 59.4 Å². The molecule has 0 bridgehead atoms. The summed E-state index contributed by atoms with van der Waals surface area (Å²) in [5, 5.41) is 10.4. The molecule has 0 atom stereocenters. The van der Waals surface area contributed by atoms with Gasteiger partial charge in [0.05, 0.1) is 0 Å². The monoisotopic (exact) mass is 266 g/mol. The topological polar surface area (TPSA) is 66.0 Å². The Morgan fingerprint density at radius 2 is 2.20 bits per heavy atom. The molecule has 0 aliphatic carbocycles. The van der Waals surface area contributed by atoms with Gasteiger partial charge in [-0.2, -0.15) is 0 Å². The number of pyridine rings is 1. The molecule has 0 amide bonds. The number of benzene rings is 1. The third-order valence-corrected chi connectivity index (χ3v) is 3.38. The van der Waals surface area contributed by atoms with E-state index in [9.17, 15) is 9.90 Å². The zero-order valence-electron chi connectivity index (χ0n) is 11.1. The molecule has 0 aliphatic heterocycles. The zero-order valence-corrected chi connectivity index (χ0v) is 11.1. The maximum absolute atomic E-state index is 12.7. The number of aryl methyl sites for hydroxylation is 1. The number of aromatic amines is 1. The molecule has 0 saturated heterocycles. The molecular weight excluding hydrogens is 252 g/mol. The first-order valence-corrected chi connectivity index (χ1v) is 6.49. The van der Waals surface area contributed by atoms with E-state index in [-0.39, 0.29) is 11.5 Å². The van der Waals surface area contributed by atoms with Crippen molar-refractivity contribution in [3.63, 3.8) is 0 Å². The number of rotatable bonds is 3. The number of nitrogens with zero attached hydrogens (tertiary/aromatic N) is 1. The predicted molar refractivity (Wildman–Crippen MR) is 77.0 cm³/mol. The molecule has 0 fully saturated rings. The van der Waals surface area contributed by atoms with E-state index in [1.54, 1.807) is 30.6 Å². The number of fused-ring (bicyclic) bond motifs is 1.